The fraction of sp³-hybridized carbons (Fsp3) is 1.00. The van der Waals surface area contributed by atoms with Gasteiger partial charge in [-0.15, -0.1) is 0 Å². The van der Waals surface area contributed by atoms with E-state index in [1.54, 1.807) is 0 Å². The molecule has 0 N–H and O–H groups in total. The maximum Gasteiger partial charge on any atom is 0.369 e. The molecule has 0 aromatic carbocycles. The lowest BCUT2D eigenvalue weighted by Crippen LogP contribution is -1.84. The topological polar surface area (TPSA) is 9.23 Å². The minimum Gasteiger partial charge on any atom is -0.517 e. The summed E-state index contributed by atoms with van der Waals surface area (Å²) in [6.45, 7) is 0.815. The molecule has 0 unspecified atom stereocenters. The Labute approximate surface area is 48.9 Å². The van der Waals surface area contributed by atoms with Crippen LogP contribution in [0.25, 0.3) is 0 Å². The summed E-state index contributed by atoms with van der Waals surface area (Å²) in [5, 5.41) is 1.02. The van der Waals surface area contributed by atoms with Gasteiger partial charge in [0.05, 0.1) is 0 Å². The summed E-state index contributed by atoms with van der Waals surface area (Å²) in [6, 6.07) is 0. The first-order chi connectivity index (χ1) is 2.41. The van der Waals surface area contributed by atoms with Gasteiger partial charge in [-0.3, -0.25) is 0 Å². The molecule has 0 atom stereocenters. The van der Waals surface area contributed by atoms with Crippen molar-refractivity contribution in [3.63, 3.8) is 0 Å². The Morgan fingerprint density at radius 2 is 2.20 bits per heavy atom. The molecule has 0 heterocycles. The van der Waals surface area contributed by atoms with Gasteiger partial charge in [-0.05, 0) is 6.61 Å². The SMILES string of the molecule is [Al][CH2]C[O][Al]. The van der Waals surface area contributed by atoms with E-state index in [1.165, 1.54) is 0 Å². The molecule has 5 heavy (non-hydrogen) atoms. The molecule has 0 aromatic heterocycles. The Balaban J connectivity index is 2.19. The van der Waals surface area contributed by atoms with Crippen LogP contribution in [0.2, 0.25) is 5.28 Å². The molecule has 0 aliphatic heterocycles. The van der Waals surface area contributed by atoms with Crippen molar-refractivity contribution in [3.8, 4) is 0 Å². The molecule has 0 rings (SSSR count). The van der Waals surface area contributed by atoms with Crippen LogP contribution in [0.3, 0.4) is 0 Å². The molecule has 0 spiro atoms. The van der Waals surface area contributed by atoms with Crippen LogP contribution in [0, 0.1) is 0 Å². The number of hydrogen-bond donors (Lipinski definition) is 0. The predicted octanol–water partition coefficient (Wildman–Crippen LogP) is -0.327. The second kappa shape index (κ2) is 5.02. The van der Waals surface area contributed by atoms with Gasteiger partial charge < -0.3 is 3.79 Å². The molecule has 0 amide bonds. The molecule has 3 heteroatoms. The molecule has 1 nitrogen and oxygen atoms in total. The maximum atomic E-state index is 4.59. The monoisotopic (exact) mass is 98.0 g/mol. The van der Waals surface area contributed by atoms with Crippen molar-refractivity contribution in [2.75, 3.05) is 6.61 Å². The van der Waals surface area contributed by atoms with Gasteiger partial charge >= 0.3 is 16.6 Å². The predicted molar refractivity (Wildman–Crippen MR) is 22.3 cm³/mol. The zero-order valence-electron chi connectivity index (χ0n) is 2.98. The van der Waals surface area contributed by atoms with Gasteiger partial charge in [0.1, 0.15) is 16.3 Å². The van der Waals surface area contributed by atoms with E-state index in [0.29, 0.717) is 0 Å². The van der Waals surface area contributed by atoms with Crippen LogP contribution in [0.15, 0.2) is 0 Å². The quantitative estimate of drug-likeness (QED) is 0.430. The standard InChI is InChI=1S/C2H4O.2Al/c1-2-3;;/h1-2H2;;/q-1;;+1. The summed E-state index contributed by atoms with van der Waals surface area (Å²) >= 11 is 4.75. The third-order valence-corrected chi connectivity index (χ3v) is 0.707. The first-order valence-electron chi connectivity index (χ1n) is 1.43. The summed E-state index contributed by atoms with van der Waals surface area (Å²) in [6.07, 6.45) is 0. The molecule has 0 fully saturated rings. The summed E-state index contributed by atoms with van der Waals surface area (Å²) in [5.41, 5.74) is 0. The van der Waals surface area contributed by atoms with Crippen LogP contribution in [-0.4, -0.2) is 39.5 Å². The highest BCUT2D eigenvalue weighted by molar-refractivity contribution is 6.08. The Morgan fingerprint density at radius 1 is 1.60 bits per heavy atom. The van der Waals surface area contributed by atoms with Gasteiger partial charge in [-0.25, -0.2) is 0 Å². The molecule has 0 saturated carbocycles. The van der Waals surface area contributed by atoms with Gasteiger partial charge in [0.15, 0.2) is 0 Å². The van der Waals surface area contributed by atoms with Crippen molar-refractivity contribution in [2.24, 2.45) is 0 Å². The highest BCUT2D eigenvalue weighted by atomic mass is 27.1. The Hall–Kier alpha value is 1.02. The lowest BCUT2D eigenvalue weighted by atomic mass is 10.9. The van der Waals surface area contributed by atoms with Crippen molar-refractivity contribution in [1.29, 1.82) is 0 Å². The van der Waals surface area contributed by atoms with E-state index >= 15 is 0 Å². The lowest BCUT2D eigenvalue weighted by Gasteiger charge is -1.88. The van der Waals surface area contributed by atoms with Crippen LogP contribution >= 0.6 is 0 Å². The molecular formula is C2H4Al2O. The largest absolute Gasteiger partial charge is 0.517 e. The number of rotatable bonds is 2. The average molecular weight is 98.0 g/mol. The van der Waals surface area contributed by atoms with Crippen molar-refractivity contribution in [3.05, 3.63) is 0 Å². The van der Waals surface area contributed by atoms with E-state index < -0.39 is 0 Å². The third kappa shape index (κ3) is 5.02. The highest BCUT2D eigenvalue weighted by Crippen LogP contribution is 1.66. The van der Waals surface area contributed by atoms with Crippen molar-refractivity contribution in [1.82, 2.24) is 0 Å². The molecule has 0 bridgehead atoms. The second-order valence-electron chi connectivity index (χ2n) is 0.659. The molecule has 24 valence electrons. The maximum absolute atomic E-state index is 4.59. The van der Waals surface area contributed by atoms with E-state index in [0.717, 1.165) is 11.9 Å². The van der Waals surface area contributed by atoms with Gasteiger partial charge in [-0.2, -0.15) is 0 Å². The van der Waals surface area contributed by atoms with Crippen LogP contribution < -0.4 is 0 Å². The summed E-state index contributed by atoms with van der Waals surface area (Å²) in [4.78, 5) is 0. The fourth-order valence-electron chi connectivity index (χ4n) is 0.0680. The Bertz CT molecular complexity index is 15.1. The zero-order valence-corrected chi connectivity index (χ0v) is 5.29. The zero-order chi connectivity index (χ0) is 4.12. The summed E-state index contributed by atoms with van der Waals surface area (Å²) in [7, 11) is 0. The van der Waals surface area contributed by atoms with E-state index in [9.17, 15) is 0 Å². The van der Waals surface area contributed by atoms with Crippen LogP contribution in [0.1, 0.15) is 0 Å². The van der Waals surface area contributed by atoms with Gasteiger partial charge in [0, 0.05) is 0 Å². The van der Waals surface area contributed by atoms with Crippen molar-refractivity contribution >= 4 is 32.9 Å². The molecule has 0 aliphatic carbocycles. The van der Waals surface area contributed by atoms with E-state index in [1.807, 2.05) is 0 Å². The first kappa shape index (κ1) is 6.02. The molecule has 4 radical (unpaired) electrons. The molecule has 0 saturated heterocycles. The highest BCUT2D eigenvalue weighted by Gasteiger charge is 1.65. The third-order valence-electron chi connectivity index (χ3n) is 0.236. The van der Waals surface area contributed by atoms with Crippen LogP contribution in [0.5, 0.6) is 0 Å². The van der Waals surface area contributed by atoms with Crippen molar-refractivity contribution in [2.45, 2.75) is 5.28 Å². The van der Waals surface area contributed by atoms with Gasteiger partial charge in [0.25, 0.3) is 0 Å². The van der Waals surface area contributed by atoms with Crippen LogP contribution in [0.4, 0.5) is 0 Å². The smallest absolute Gasteiger partial charge is 0.369 e. The molecular weight excluding hydrogens is 94.0 g/mol. The lowest BCUT2D eigenvalue weighted by molar-refractivity contribution is 0.376. The summed E-state index contributed by atoms with van der Waals surface area (Å²) in [5.74, 6) is 0. The fourth-order valence-corrected chi connectivity index (χ4v) is 0.612. The Morgan fingerprint density at radius 3 is 2.20 bits per heavy atom. The van der Waals surface area contributed by atoms with Crippen molar-refractivity contribution < 1.29 is 3.79 Å². The minimum absolute atomic E-state index is 0.815. The molecule has 0 aromatic rings. The Kier molecular flexibility index (Phi) is 6.05. The normalized spacial score (nSPS) is 8.00. The average Bonchev–Trinajstić information content (AvgIpc) is 1.41. The van der Waals surface area contributed by atoms with E-state index in [4.69, 9.17) is 0 Å². The summed E-state index contributed by atoms with van der Waals surface area (Å²) < 4.78 is 4.59. The molecule has 0 aliphatic rings. The van der Waals surface area contributed by atoms with E-state index in [-0.39, 0.29) is 0 Å². The first-order valence-corrected chi connectivity index (χ1v) is 2.72. The van der Waals surface area contributed by atoms with Crippen LogP contribution in [-0.2, 0) is 3.79 Å². The van der Waals surface area contributed by atoms with E-state index in [2.05, 4.69) is 36.7 Å². The van der Waals surface area contributed by atoms with Gasteiger partial charge in [-0.1, -0.05) is 5.28 Å². The minimum atomic E-state index is 0.815. The van der Waals surface area contributed by atoms with Gasteiger partial charge in [0.2, 0.25) is 0 Å². The number of hydrogen-bond acceptors (Lipinski definition) is 1. The second-order valence-corrected chi connectivity index (χ2v) is 1.57.